The Bertz CT molecular complexity index is 1050. The lowest BCUT2D eigenvalue weighted by atomic mass is 10.2. The van der Waals surface area contributed by atoms with Gasteiger partial charge >= 0.3 is 0 Å². The van der Waals surface area contributed by atoms with Gasteiger partial charge in [-0.15, -0.1) is 0 Å². The van der Waals surface area contributed by atoms with Crippen molar-refractivity contribution in [1.82, 2.24) is 5.32 Å². The molecule has 1 amide bonds. The lowest BCUT2D eigenvalue weighted by molar-refractivity contribution is 0.0948. The van der Waals surface area contributed by atoms with Crippen LogP contribution in [0.3, 0.4) is 0 Å². The second kappa shape index (κ2) is 7.85. The molecule has 2 N–H and O–H groups in total. The molecule has 0 saturated heterocycles. The van der Waals surface area contributed by atoms with Gasteiger partial charge in [0.1, 0.15) is 5.76 Å². The number of rotatable bonds is 6. The summed E-state index contributed by atoms with van der Waals surface area (Å²) in [7, 11) is -3.77. The number of hydrogen-bond donors (Lipinski definition) is 2. The summed E-state index contributed by atoms with van der Waals surface area (Å²) >= 11 is 6.10. The van der Waals surface area contributed by atoms with Gasteiger partial charge in [-0.25, -0.2) is 8.42 Å². The number of anilines is 1. The van der Waals surface area contributed by atoms with Gasteiger partial charge in [-0.3, -0.25) is 9.52 Å². The molecular weight excluding hydrogens is 388 g/mol. The van der Waals surface area contributed by atoms with Gasteiger partial charge in [0.15, 0.2) is 0 Å². The third kappa shape index (κ3) is 4.69. The van der Waals surface area contributed by atoms with Crippen LogP contribution in [-0.4, -0.2) is 14.3 Å². The molecule has 0 radical (unpaired) electrons. The SMILES string of the molecule is Cc1ccc(S(=O)(=O)Nc2ccc(Cl)c(C(=O)NCc3ccco3)c2)cc1. The topological polar surface area (TPSA) is 88.4 Å². The third-order valence-electron chi connectivity index (χ3n) is 3.80. The van der Waals surface area contributed by atoms with Crippen molar-refractivity contribution in [2.75, 3.05) is 4.72 Å². The summed E-state index contributed by atoms with van der Waals surface area (Å²) in [6.45, 7) is 2.07. The van der Waals surface area contributed by atoms with Crippen LogP contribution in [0.5, 0.6) is 0 Å². The maximum absolute atomic E-state index is 12.5. The van der Waals surface area contributed by atoms with E-state index < -0.39 is 15.9 Å². The van der Waals surface area contributed by atoms with E-state index in [-0.39, 0.29) is 27.7 Å². The summed E-state index contributed by atoms with van der Waals surface area (Å²) < 4.78 is 32.6. The fourth-order valence-corrected chi connectivity index (χ4v) is 3.62. The van der Waals surface area contributed by atoms with E-state index in [0.717, 1.165) is 5.56 Å². The number of amides is 1. The number of aryl methyl sites for hydroxylation is 1. The van der Waals surface area contributed by atoms with Crippen molar-refractivity contribution in [1.29, 1.82) is 0 Å². The highest BCUT2D eigenvalue weighted by atomic mass is 35.5. The molecule has 0 aliphatic heterocycles. The molecule has 6 nitrogen and oxygen atoms in total. The van der Waals surface area contributed by atoms with E-state index in [1.54, 1.807) is 24.3 Å². The molecule has 0 fully saturated rings. The van der Waals surface area contributed by atoms with Gasteiger partial charge in [0, 0.05) is 5.69 Å². The zero-order valence-corrected chi connectivity index (χ0v) is 16.0. The molecule has 0 aliphatic rings. The van der Waals surface area contributed by atoms with Crippen molar-refractivity contribution >= 4 is 33.2 Å². The van der Waals surface area contributed by atoms with Gasteiger partial charge in [-0.1, -0.05) is 29.3 Å². The van der Waals surface area contributed by atoms with E-state index in [9.17, 15) is 13.2 Å². The number of sulfonamides is 1. The molecule has 8 heteroatoms. The first-order valence-corrected chi connectivity index (χ1v) is 9.91. The largest absolute Gasteiger partial charge is 0.467 e. The van der Waals surface area contributed by atoms with Gasteiger partial charge in [-0.05, 0) is 49.4 Å². The molecule has 0 bridgehead atoms. The second-order valence-electron chi connectivity index (χ2n) is 5.88. The standard InChI is InChI=1S/C19H17ClN2O4S/c1-13-4-7-16(8-5-13)27(24,25)22-14-6-9-18(20)17(11-14)19(23)21-12-15-3-2-10-26-15/h2-11,22H,12H2,1H3,(H,21,23). The van der Waals surface area contributed by atoms with Gasteiger partial charge in [0.2, 0.25) is 0 Å². The summed E-state index contributed by atoms with van der Waals surface area (Å²) in [6.07, 6.45) is 1.51. The third-order valence-corrected chi connectivity index (χ3v) is 5.52. The van der Waals surface area contributed by atoms with E-state index in [1.165, 1.54) is 36.6 Å². The molecule has 0 atom stereocenters. The molecule has 1 aromatic heterocycles. The van der Waals surface area contributed by atoms with Crippen molar-refractivity contribution in [2.24, 2.45) is 0 Å². The zero-order chi connectivity index (χ0) is 19.4. The molecule has 0 saturated carbocycles. The first kappa shape index (κ1) is 19.0. The molecule has 140 valence electrons. The van der Waals surface area contributed by atoms with E-state index in [1.807, 2.05) is 6.92 Å². The second-order valence-corrected chi connectivity index (χ2v) is 7.96. The minimum atomic E-state index is -3.77. The van der Waals surface area contributed by atoms with Gasteiger partial charge in [-0.2, -0.15) is 0 Å². The zero-order valence-electron chi connectivity index (χ0n) is 14.4. The van der Waals surface area contributed by atoms with Gasteiger partial charge in [0.25, 0.3) is 15.9 Å². The Kier molecular flexibility index (Phi) is 5.53. The Morgan fingerprint density at radius 1 is 1.11 bits per heavy atom. The summed E-state index contributed by atoms with van der Waals surface area (Å²) in [5.41, 5.74) is 1.35. The highest BCUT2D eigenvalue weighted by Crippen LogP contribution is 2.23. The molecule has 3 rings (SSSR count). The quantitative estimate of drug-likeness (QED) is 0.650. The van der Waals surface area contributed by atoms with Crippen LogP contribution < -0.4 is 10.0 Å². The van der Waals surface area contributed by atoms with E-state index in [0.29, 0.717) is 5.76 Å². The molecule has 0 spiro atoms. The molecule has 0 aliphatic carbocycles. The van der Waals surface area contributed by atoms with Crippen LogP contribution in [0.2, 0.25) is 5.02 Å². The predicted octanol–water partition coefficient (Wildman–Crippen LogP) is 3.97. The summed E-state index contributed by atoms with van der Waals surface area (Å²) in [6, 6.07) is 14.3. The van der Waals surface area contributed by atoms with Gasteiger partial charge in [0.05, 0.1) is 28.3 Å². The van der Waals surface area contributed by atoms with Crippen LogP contribution in [-0.2, 0) is 16.6 Å². The molecule has 3 aromatic rings. The first-order chi connectivity index (χ1) is 12.8. The average molecular weight is 405 g/mol. The average Bonchev–Trinajstić information content (AvgIpc) is 3.15. The molecule has 2 aromatic carbocycles. The van der Waals surface area contributed by atoms with Crippen molar-refractivity contribution in [2.45, 2.75) is 18.4 Å². The number of halogens is 1. The number of nitrogens with one attached hydrogen (secondary N) is 2. The van der Waals surface area contributed by atoms with Crippen LogP contribution in [0.15, 0.2) is 70.2 Å². The van der Waals surface area contributed by atoms with Crippen LogP contribution in [0.1, 0.15) is 21.7 Å². The highest BCUT2D eigenvalue weighted by molar-refractivity contribution is 7.92. The monoisotopic (exact) mass is 404 g/mol. The Hall–Kier alpha value is -2.77. The smallest absolute Gasteiger partial charge is 0.261 e. The number of carbonyl (C=O) groups is 1. The fourth-order valence-electron chi connectivity index (χ4n) is 2.37. The molecule has 27 heavy (non-hydrogen) atoms. The van der Waals surface area contributed by atoms with E-state index >= 15 is 0 Å². The molecule has 0 unspecified atom stereocenters. The minimum absolute atomic E-state index is 0.131. The number of carbonyl (C=O) groups excluding carboxylic acids is 1. The lowest BCUT2D eigenvalue weighted by Gasteiger charge is -2.11. The maximum atomic E-state index is 12.5. The van der Waals surface area contributed by atoms with Crippen molar-refractivity contribution < 1.29 is 17.6 Å². The predicted molar refractivity (Wildman–Crippen MR) is 103 cm³/mol. The molecular formula is C19H17ClN2O4S. The Balaban J connectivity index is 1.78. The number of hydrogen-bond acceptors (Lipinski definition) is 4. The normalized spacial score (nSPS) is 11.2. The summed E-state index contributed by atoms with van der Waals surface area (Å²) in [4.78, 5) is 12.5. The van der Waals surface area contributed by atoms with E-state index in [4.69, 9.17) is 16.0 Å². The van der Waals surface area contributed by atoms with Crippen molar-refractivity contribution in [3.8, 4) is 0 Å². The van der Waals surface area contributed by atoms with E-state index in [2.05, 4.69) is 10.0 Å². The first-order valence-electron chi connectivity index (χ1n) is 8.05. The lowest BCUT2D eigenvalue weighted by Crippen LogP contribution is -2.23. The Morgan fingerprint density at radius 2 is 1.85 bits per heavy atom. The number of benzene rings is 2. The summed E-state index contributed by atoms with van der Waals surface area (Å²) in [5, 5.41) is 2.89. The van der Waals surface area contributed by atoms with Gasteiger partial charge < -0.3 is 9.73 Å². The minimum Gasteiger partial charge on any atom is -0.467 e. The number of furan rings is 1. The Morgan fingerprint density at radius 3 is 2.52 bits per heavy atom. The van der Waals surface area contributed by atoms with Crippen molar-refractivity contribution in [3.63, 3.8) is 0 Å². The van der Waals surface area contributed by atoms with Crippen molar-refractivity contribution in [3.05, 3.63) is 82.8 Å². The summed E-state index contributed by atoms with van der Waals surface area (Å²) in [5.74, 6) is 0.156. The maximum Gasteiger partial charge on any atom is 0.261 e. The Labute approximate surface area is 162 Å². The van der Waals surface area contributed by atoms with Crippen LogP contribution >= 0.6 is 11.6 Å². The highest BCUT2D eigenvalue weighted by Gasteiger charge is 2.17. The fraction of sp³-hybridized carbons (Fsp3) is 0.105. The molecule has 1 heterocycles. The van der Waals surface area contributed by atoms with Crippen LogP contribution in [0.4, 0.5) is 5.69 Å². The van der Waals surface area contributed by atoms with Crippen LogP contribution in [0, 0.1) is 6.92 Å². The van der Waals surface area contributed by atoms with Crippen LogP contribution in [0.25, 0.3) is 0 Å².